The average molecular weight is 303 g/mol. The van der Waals surface area contributed by atoms with Gasteiger partial charge in [-0.2, -0.15) is 0 Å². The van der Waals surface area contributed by atoms with E-state index in [1.807, 2.05) is 0 Å². The fourth-order valence-corrected chi connectivity index (χ4v) is 1.84. The molecule has 0 aromatic heterocycles. The van der Waals surface area contributed by atoms with Gasteiger partial charge in [-0.1, -0.05) is 12.1 Å². The van der Waals surface area contributed by atoms with E-state index in [9.17, 15) is 15.0 Å². The minimum absolute atomic E-state index is 0.377. The second-order valence-electron chi connectivity index (χ2n) is 4.65. The van der Waals surface area contributed by atoms with Crippen LogP contribution in [-0.4, -0.2) is 29.4 Å². The molecule has 0 fully saturated rings. The zero-order valence-electron chi connectivity index (χ0n) is 12.0. The van der Waals surface area contributed by atoms with Crippen LogP contribution in [0.2, 0.25) is 0 Å². The van der Waals surface area contributed by atoms with Crippen molar-refractivity contribution >= 4 is 11.7 Å². The van der Waals surface area contributed by atoms with Gasteiger partial charge >= 0.3 is 5.97 Å². The molecule has 0 aliphatic carbocycles. The van der Waals surface area contributed by atoms with Gasteiger partial charge < -0.3 is 25.4 Å². The average Bonchev–Trinajstić information content (AvgIpc) is 2.55. The molecular weight excluding hydrogens is 286 g/mol. The van der Waals surface area contributed by atoms with Gasteiger partial charge in [0.25, 0.3) is 0 Å². The number of hydrogen-bond acceptors (Lipinski definition) is 6. The third kappa shape index (κ3) is 3.75. The van der Waals surface area contributed by atoms with Gasteiger partial charge in [0.05, 0.1) is 7.11 Å². The van der Waals surface area contributed by atoms with E-state index in [-0.39, 0.29) is 0 Å². The molecule has 2 rings (SSSR count). The Morgan fingerprint density at radius 3 is 2.00 bits per heavy atom. The lowest BCUT2D eigenvalue weighted by Gasteiger charge is -2.16. The van der Waals surface area contributed by atoms with E-state index < -0.39 is 18.2 Å². The highest BCUT2D eigenvalue weighted by Gasteiger charge is 2.26. The summed E-state index contributed by atoms with van der Waals surface area (Å²) in [5.74, 6) is 0.278. The lowest BCUT2D eigenvalue weighted by molar-refractivity contribution is -0.156. The highest BCUT2D eigenvalue weighted by atomic mass is 16.5. The van der Waals surface area contributed by atoms with Gasteiger partial charge in [-0.25, -0.2) is 4.79 Å². The molecular formula is C16H17NO5. The van der Waals surface area contributed by atoms with E-state index in [0.717, 1.165) is 7.11 Å². The first-order chi connectivity index (χ1) is 10.5. The fourth-order valence-electron chi connectivity index (χ4n) is 1.84. The zero-order chi connectivity index (χ0) is 16.1. The van der Waals surface area contributed by atoms with Crippen molar-refractivity contribution in [3.05, 3.63) is 54.1 Å². The van der Waals surface area contributed by atoms with Crippen molar-refractivity contribution < 1.29 is 24.5 Å². The maximum atomic E-state index is 11.2. The number of rotatable bonds is 5. The van der Waals surface area contributed by atoms with Crippen molar-refractivity contribution in [2.75, 3.05) is 12.8 Å². The first kappa shape index (κ1) is 15.8. The molecule has 2 aromatic rings. The zero-order valence-corrected chi connectivity index (χ0v) is 12.0. The Balaban J connectivity index is 2.06. The number of esters is 1. The molecule has 6 heteroatoms. The molecule has 4 N–H and O–H groups in total. The second kappa shape index (κ2) is 6.93. The van der Waals surface area contributed by atoms with Gasteiger partial charge in [0.1, 0.15) is 17.6 Å². The Bertz CT molecular complexity index is 624. The number of anilines is 1. The Hall–Kier alpha value is -2.57. The van der Waals surface area contributed by atoms with E-state index in [4.69, 9.17) is 10.5 Å². The van der Waals surface area contributed by atoms with Gasteiger partial charge in [-0.05, 0) is 42.0 Å². The number of nitrogen functional groups attached to an aromatic ring is 1. The molecule has 0 bridgehead atoms. The predicted octanol–water partition coefficient (Wildman–Crippen LogP) is 1.63. The van der Waals surface area contributed by atoms with Crippen LogP contribution in [-0.2, 0) is 9.53 Å². The third-order valence-corrected chi connectivity index (χ3v) is 3.08. The molecule has 116 valence electrons. The molecule has 6 nitrogen and oxygen atoms in total. The van der Waals surface area contributed by atoms with Gasteiger partial charge in [-0.3, -0.25) is 0 Å². The maximum Gasteiger partial charge on any atom is 0.337 e. The Labute approximate surface area is 127 Å². The summed E-state index contributed by atoms with van der Waals surface area (Å²) in [6.45, 7) is 0. The van der Waals surface area contributed by atoms with Crippen molar-refractivity contribution in [1.29, 1.82) is 0 Å². The van der Waals surface area contributed by atoms with Crippen LogP contribution in [0.4, 0.5) is 5.69 Å². The monoisotopic (exact) mass is 303 g/mol. The second-order valence-corrected chi connectivity index (χ2v) is 4.65. The maximum absolute atomic E-state index is 11.2. The van der Waals surface area contributed by atoms with Crippen molar-refractivity contribution in [3.63, 3.8) is 0 Å². The summed E-state index contributed by atoms with van der Waals surface area (Å²) in [4.78, 5) is 11.2. The minimum Gasteiger partial charge on any atom is -0.467 e. The molecule has 0 spiro atoms. The van der Waals surface area contributed by atoms with Crippen LogP contribution in [0.15, 0.2) is 48.5 Å². The van der Waals surface area contributed by atoms with E-state index in [1.165, 1.54) is 0 Å². The van der Waals surface area contributed by atoms with E-state index in [0.29, 0.717) is 22.7 Å². The number of nitrogens with two attached hydrogens (primary N) is 1. The van der Waals surface area contributed by atoms with Crippen LogP contribution in [0.25, 0.3) is 0 Å². The molecule has 0 saturated heterocycles. The summed E-state index contributed by atoms with van der Waals surface area (Å²) in [6.07, 6.45) is -2.99. The highest BCUT2D eigenvalue weighted by Crippen LogP contribution is 2.25. The standard InChI is InChI=1S/C16H17NO5/c1-21-16(20)15(19)14(18)10-2-6-12(7-3-10)22-13-8-4-11(17)5-9-13/h2-9,14-15,18-19H,17H2,1H3. The summed E-state index contributed by atoms with van der Waals surface area (Å²) < 4.78 is 9.99. The van der Waals surface area contributed by atoms with E-state index >= 15 is 0 Å². The first-order valence-corrected chi connectivity index (χ1v) is 6.58. The number of hydrogen-bond donors (Lipinski definition) is 3. The van der Waals surface area contributed by atoms with Crippen LogP contribution in [0.1, 0.15) is 11.7 Å². The summed E-state index contributed by atoms with van der Waals surface area (Å²) >= 11 is 0. The van der Waals surface area contributed by atoms with E-state index in [1.54, 1.807) is 48.5 Å². The van der Waals surface area contributed by atoms with Crippen molar-refractivity contribution in [2.45, 2.75) is 12.2 Å². The van der Waals surface area contributed by atoms with Crippen LogP contribution < -0.4 is 10.5 Å². The normalized spacial score (nSPS) is 13.2. The quantitative estimate of drug-likeness (QED) is 0.573. The highest BCUT2D eigenvalue weighted by molar-refractivity contribution is 5.75. The topological polar surface area (TPSA) is 102 Å². The fraction of sp³-hybridized carbons (Fsp3) is 0.188. The molecule has 0 radical (unpaired) electrons. The molecule has 0 amide bonds. The Morgan fingerprint density at radius 1 is 1.00 bits per heavy atom. The van der Waals surface area contributed by atoms with Crippen LogP contribution in [0.3, 0.4) is 0 Å². The number of carbonyl (C=O) groups excluding carboxylic acids is 1. The molecule has 2 atom stereocenters. The SMILES string of the molecule is COC(=O)C(O)C(O)c1ccc(Oc2ccc(N)cc2)cc1. The van der Waals surface area contributed by atoms with Crippen molar-refractivity contribution in [2.24, 2.45) is 0 Å². The van der Waals surface area contributed by atoms with Crippen molar-refractivity contribution in [3.8, 4) is 11.5 Å². The molecule has 22 heavy (non-hydrogen) atoms. The Kier molecular flexibility index (Phi) is 4.98. The van der Waals surface area contributed by atoms with Gasteiger partial charge in [0, 0.05) is 5.69 Å². The lowest BCUT2D eigenvalue weighted by atomic mass is 10.0. The summed E-state index contributed by atoms with van der Waals surface area (Å²) in [5.41, 5.74) is 6.61. The summed E-state index contributed by atoms with van der Waals surface area (Å²) in [5, 5.41) is 19.5. The number of aliphatic hydroxyl groups is 2. The van der Waals surface area contributed by atoms with Crippen LogP contribution in [0.5, 0.6) is 11.5 Å². The van der Waals surface area contributed by atoms with E-state index in [2.05, 4.69) is 4.74 Å². The molecule has 0 aliphatic heterocycles. The van der Waals surface area contributed by atoms with Crippen molar-refractivity contribution in [1.82, 2.24) is 0 Å². The minimum atomic E-state index is -1.63. The third-order valence-electron chi connectivity index (χ3n) is 3.08. The van der Waals surface area contributed by atoms with Gasteiger partial charge in [-0.15, -0.1) is 0 Å². The molecule has 0 aliphatic rings. The molecule has 2 unspecified atom stereocenters. The number of ether oxygens (including phenoxy) is 2. The number of aliphatic hydroxyl groups excluding tert-OH is 2. The van der Waals surface area contributed by atoms with Gasteiger partial charge in [0.2, 0.25) is 0 Å². The number of methoxy groups -OCH3 is 1. The smallest absolute Gasteiger partial charge is 0.337 e. The van der Waals surface area contributed by atoms with Crippen LogP contribution in [0, 0.1) is 0 Å². The van der Waals surface area contributed by atoms with Gasteiger partial charge in [0.15, 0.2) is 6.10 Å². The molecule has 0 saturated carbocycles. The van der Waals surface area contributed by atoms with Crippen LogP contribution >= 0.6 is 0 Å². The summed E-state index contributed by atoms with van der Waals surface area (Å²) in [6, 6.07) is 13.3. The lowest BCUT2D eigenvalue weighted by Crippen LogP contribution is -2.28. The molecule has 0 heterocycles. The number of carbonyl (C=O) groups is 1. The Morgan fingerprint density at radius 2 is 1.50 bits per heavy atom. The summed E-state index contributed by atoms with van der Waals surface area (Å²) in [7, 11) is 1.14. The predicted molar refractivity (Wildman–Crippen MR) is 80.4 cm³/mol. The molecule has 2 aromatic carbocycles. The largest absolute Gasteiger partial charge is 0.467 e. The number of benzene rings is 2. The first-order valence-electron chi connectivity index (χ1n) is 6.58.